The molecule has 0 aliphatic rings. The second-order valence-corrected chi connectivity index (χ2v) is 6.29. The van der Waals surface area contributed by atoms with Crippen LogP contribution in [0.5, 0.6) is 0 Å². The molecule has 2 aromatic carbocycles. The third kappa shape index (κ3) is 3.50. The molecule has 0 aliphatic heterocycles. The summed E-state index contributed by atoms with van der Waals surface area (Å²) in [5.74, 6) is -0.0105. The molecule has 0 spiro atoms. The molecule has 0 unspecified atom stereocenters. The average Bonchev–Trinajstić information content (AvgIpc) is 3.09. The number of anilines is 1. The molecule has 6 nitrogen and oxygen atoms in total. The molecule has 134 valence electrons. The standard InChI is InChI=1S/C21H17N3O3/c1-14-7-8-18-16(11-14)17(25)12-19(27-18)21(26)23-20-9-10-22-24(20)13-15-5-3-2-4-6-15/h2-12H,13H2,1H3,(H,23,26). The Hall–Kier alpha value is -3.67. The molecule has 27 heavy (non-hydrogen) atoms. The van der Waals surface area contributed by atoms with Gasteiger partial charge in [-0.1, -0.05) is 42.0 Å². The van der Waals surface area contributed by atoms with Crippen molar-refractivity contribution in [2.75, 3.05) is 5.32 Å². The second-order valence-electron chi connectivity index (χ2n) is 6.29. The van der Waals surface area contributed by atoms with Crippen molar-refractivity contribution >= 4 is 22.7 Å². The van der Waals surface area contributed by atoms with E-state index < -0.39 is 5.91 Å². The van der Waals surface area contributed by atoms with E-state index in [9.17, 15) is 9.59 Å². The van der Waals surface area contributed by atoms with Gasteiger partial charge in [-0.2, -0.15) is 5.10 Å². The SMILES string of the molecule is Cc1ccc2oc(C(=O)Nc3ccnn3Cc3ccccc3)cc(=O)c2c1. The lowest BCUT2D eigenvalue weighted by Gasteiger charge is -2.09. The fourth-order valence-electron chi connectivity index (χ4n) is 2.88. The minimum Gasteiger partial charge on any atom is -0.451 e. The van der Waals surface area contributed by atoms with Gasteiger partial charge in [-0.3, -0.25) is 9.59 Å². The Kier molecular flexibility index (Phi) is 4.30. The van der Waals surface area contributed by atoms with Crippen LogP contribution in [-0.4, -0.2) is 15.7 Å². The normalized spacial score (nSPS) is 10.9. The van der Waals surface area contributed by atoms with Crippen LogP contribution in [-0.2, 0) is 6.54 Å². The molecule has 0 radical (unpaired) electrons. The van der Waals surface area contributed by atoms with E-state index >= 15 is 0 Å². The van der Waals surface area contributed by atoms with Crippen molar-refractivity contribution in [3.8, 4) is 0 Å². The molecule has 2 aromatic heterocycles. The maximum atomic E-state index is 12.6. The third-order valence-corrected chi connectivity index (χ3v) is 4.24. The van der Waals surface area contributed by atoms with Gasteiger partial charge in [-0.15, -0.1) is 0 Å². The molecule has 0 saturated heterocycles. The highest BCUT2D eigenvalue weighted by atomic mass is 16.3. The molecule has 1 amide bonds. The summed E-state index contributed by atoms with van der Waals surface area (Å²) < 4.78 is 7.30. The molecular weight excluding hydrogens is 342 g/mol. The van der Waals surface area contributed by atoms with Crippen LogP contribution in [0.2, 0.25) is 0 Å². The lowest BCUT2D eigenvalue weighted by molar-refractivity contribution is 0.0996. The van der Waals surface area contributed by atoms with Crippen LogP contribution >= 0.6 is 0 Å². The van der Waals surface area contributed by atoms with E-state index in [1.54, 1.807) is 29.1 Å². The fraction of sp³-hybridized carbons (Fsp3) is 0.0952. The first kappa shape index (κ1) is 16.8. The number of nitrogens with zero attached hydrogens (tertiary/aromatic N) is 2. The number of aryl methyl sites for hydroxylation is 1. The van der Waals surface area contributed by atoms with Gasteiger partial charge in [-0.25, -0.2) is 4.68 Å². The number of hydrogen-bond donors (Lipinski definition) is 1. The van der Waals surface area contributed by atoms with Gasteiger partial charge in [0.05, 0.1) is 18.1 Å². The topological polar surface area (TPSA) is 77.1 Å². The molecule has 1 N–H and O–H groups in total. The molecule has 0 fully saturated rings. The van der Waals surface area contributed by atoms with Crippen molar-refractivity contribution in [3.63, 3.8) is 0 Å². The summed E-state index contributed by atoms with van der Waals surface area (Å²) in [4.78, 5) is 24.9. The zero-order valence-corrected chi connectivity index (χ0v) is 14.7. The number of hydrogen-bond acceptors (Lipinski definition) is 4. The molecule has 2 heterocycles. The summed E-state index contributed by atoms with van der Waals surface area (Å²) in [6.45, 7) is 2.41. The first-order valence-corrected chi connectivity index (χ1v) is 8.52. The third-order valence-electron chi connectivity index (χ3n) is 4.24. The van der Waals surface area contributed by atoms with Gasteiger partial charge < -0.3 is 9.73 Å². The van der Waals surface area contributed by atoms with Crippen LogP contribution in [0.25, 0.3) is 11.0 Å². The summed E-state index contributed by atoms with van der Waals surface area (Å²) in [5.41, 5.74) is 2.15. The predicted octanol–water partition coefficient (Wildman–Crippen LogP) is 3.60. The van der Waals surface area contributed by atoms with E-state index in [-0.39, 0.29) is 11.2 Å². The van der Waals surface area contributed by atoms with Crippen LogP contribution in [0.4, 0.5) is 5.82 Å². The highest BCUT2D eigenvalue weighted by Gasteiger charge is 2.15. The number of carbonyl (C=O) groups excluding carboxylic acids is 1. The van der Waals surface area contributed by atoms with Gasteiger partial charge in [0.2, 0.25) is 0 Å². The quantitative estimate of drug-likeness (QED) is 0.604. The van der Waals surface area contributed by atoms with Crippen LogP contribution in [0, 0.1) is 6.92 Å². The van der Waals surface area contributed by atoms with Crippen LogP contribution in [0.15, 0.2) is 76.1 Å². The molecule has 6 heteroatoms. The van der Waals surface area contributed by atoms with Crippen molar-refractivity contribution in [1.82, 2.24) is 9.78 Å². The van der Waals surface area contributed by atoms with Crippen molar-refractivity contribution in [3.05, 3.63) is 94.0 Å². The average molecular weight is 359 g/mol. The molecule has 0 saturated carbocycles. The number of fused-ring (bicyclic) bond motifs is 1. The van der Waals surface area contributed by atoms with Crippen molar-refractivity contribution < 1.29 is 9.21 Å². The van der Waals surface area contributed by atoms with Crippen LogP contribution in [0.1, 0.15) is 21.7 Å². The summed E-state index contributed by atoms with van der Waals surface area (Å²) >= 11 is 0. The number of amides is 1. The van der Waals surface area contributed by atoms with Gasteiger partial charge in [0.15, 0.2) is 11.2 Å². The summed E-state index contributed by atoms with van der Waals surface area (Å²) in [6.07, 6.45) is 1.61. The monoisotopic (exact) mass is 359 g/mol. The number of rotatable bonds is 4. The van der Waals surface area contributed by atoms with Gasteiger partial charge in [-0.05, 0) is 24.6 Å². The lowest BCUT2D eigenvalue weighted by atomic mass is 10.1. The van der Waals surface area contributed by atoms with E-state index in [1.807, 2.05) is 43.3 Å². The molecule has 0 aliphatic carbocycles. The van der Waals surface area contributed by atoms with Crippen molar-refractivity contribution in [2.45, 2.75) is 13.5 Å². The highest BCUT2D eigenvalue weighted by Crippen LogP contribution is 2.16. The molecule has 4 aromatic rings. The van der Waals surface area contributed by atoms with E-state index in [1.165, 1.54) is 6.07 Å². The van der Waals surface area contributed by atoms with Gasteiger partial charge in [0.25, 0.3) is 5.91 Å². The molecular formula is C21H17N3O3. The largest absolute Gasteiger partial charge is 0.451 e. The Morgan fingerprint density at radius 1 is 1.11 bits per heavy atom. The highest BCUT2D eigenvalue weighted by molar-refractivity contribution is 6.02. The number of aromatic nitrogens is 2. The van der Waals surface area contributed by atoms with Gasteiger partial charge in [0, 0.05) is 12.1 Å². The predicted molar refractivity (Wildman–Crippen MR) is 103 cm³/mol. The fourth-order valence-corrected chi connectivity index (χ4v) is 2.88. The van der Waals surface area contributed by atoms with Crippen molar-refractivity contribution in [2.24, 2.45) is 0 Å². The van der Waals surface area contributed by atoms with E-state index in [0.29, 0.717) is 23.3 Å². The molecule has 0 atom stereocenters. The Balaban J connectivity index is 1.60. The minimum absolute atomic E-state index is 0.0381. The van der Waals surface area contributed by atoms with E-state index in [0.717, 1.165) is 11.1 Å². The van der Waals surface area contributed by atoms with Gasteiger partial charge in [0.1, 0.15) is 11.4 Å². The first-order chi connectivity index (χ1) is 13.1. The zero-order valence-electron chi connectivity index (χ0n) is 14.7. The van der Waals surface area contributed by atoms with E-state index in [2.05, 4.69) is 10.4 Å². The Morgan fingerprint density at radius 3 is 2.74 bits per heavy atom. The smallest absolute Gasteiger partial charge is 0.292 e. The molecule has 0 bridgehead atoms. The Bertz CT molecular complexity index is 1180. The van der Waals surface area contributed by atoms with Crippen LogP contribution in [0.3, 0.4) is 0 Å². The first-order valence-electron chi connectivity index (χ1n) is 8.52. The van der Waals surface area contributed by atoms with E-state index in [4.69, 9.17) is 4.42 Å². The summed E-state index contributed by atoms with van der Waals surface area (Å²) in [6, 6.07) is 18.0. The molecule has 4 rings (SSSR count). The Labute approximate surface area is 155 Å². The Morgan fingerprint density at radius 2 is 1.93 bits per heavy atom. The van der Waals surface area contributed by atoms with Gasteiger partial charge >= 0.3 is 0 Å². The lowest BCUT2D eigenvalue weighted by Crippen LogP contribution is -2.18. The summed E-state index contributed by atoms with van der Waals surface area (Å²) in [7, 11) is 0. The van der Waals surface area contributed by atoms with Crippen molar-refractivity contribution in [1.29, 1.82) is 0 Å². The summed E-state index contributed by atoms with van der Waals surface area (Å²) in [5, 5.41) is 7.46. The zero-order chi connectivity index (χ0) is 18.8. The number of nitrogens with one attached hydrogen (secondary N) is 1. The minimum atomic E-state index is -0.496. The number of benzene rings is 2. The number of carbonyl (C=O) groups is 1. The maximum Gasteiger partial charge on any atom is 0.292 e. The second kappa shape index (κ2) is 6.92. The maximum absolute atomic E-state index is 12.6. The van der Waals surface area contributed by atoms with Crippen LogP contribution < -0.4 is 10.7 Å².